The first-order chi connectivity index (χ1) is 10.8. The lowest BCUT2D eigenvalue weighted by Crippen LogP contribution is -2.23. The number of hydrogen-bond acceptors (Lipinski definition) is 4. The van der Waals surface area contributed by atoms with Crippen molar-refractivity contribution in [2.45, 2.75) is 83.1 Å². The van der Waals surface area contributed by atoms with E-state index in [-0.39, 0.29) is 0 Å². The topological polar surface area (TPSA) is 47.0 Å². The van der Waals surface area contributed by atoms with Gasteiger partial charge in [-0.1, -0.05) is 38.5 Å². The minimum absolute atomic E-state index is 0.515. The first kappa shape index (κ1) is 15.6. The number of hydrogen-bond donors (Lipinski definition) is 1. The molecule has 0 radical (unpaired) electrons. The van der Waals surface area contributed by atoms with Crippen LogP contribution in [0.4, 0.5) is 5.82 Å². The lowest BCUT2D eigenvalue weighted by Gasteiger charge is -2.25. The van der Waals surface area contributed by atoms with Gasteiger partial charge >= 0.3 is 0 Å². The molecule has 2 fully saturated rings. The maximum atomic E-state index is 5.68. The molecule has 0 spiro atoms. The van der Waals surface area contributed by atoms with Gasteiger partial charge in [0.1, 0.15) is 11.6 Å². The number of anilines is 1. The number of aromatic nitrogens is 2. The Morgan fingerprint density at radius 3 is 2.36 bits per heavy atom. The second-order valence-electron chi connectivity index (χ2n) is 6.70. The maximum absolute atomic E-state index is 5.68. The van der Waals surface area contributed by atoms with Crippen molar-refractivity contribution in [3.63, 3.8) is 0 Å². The summed E-state index contributed by atoms with van der Waals surface area (Å²) in [5, 5.41) is 3.63. The van der Waals surface area contributed by atoms with Gasteiger partial charge in [-0.25, -0.2) is 4.98 Å². The smallest absolute Gasteiger partial charge is 0.218 e. The van der Waals surface area contributed by atoms with E-state index >= 15 is 0 Å². The second kappa shape index (κ2) is 7.80. The third kappa shape index (κ3) is 4.11. The zero-order chi connectivity index (χ0) is 15.2. The Kier molecular flexibility index (Phi) is 5.52. The van der Waals surface area contributed by atoms with Crippen LogP contribution in [0.15, 0.2) is 6.07 Å². The first-order valence-electron chi connectivity index (χ1n) is 9.13. The number of rotatable bonds is 5. The van der Waals surface area contributed by atoms with Gasteiger partial charge in [-0.05, 0) is 32.6 Å². The van der Waals surface area contributed by atoms with Crippen molar-refractivity contribution in [2.75, 3.05) is 11.9 Å². The Labute approximate surface area is 134 Å². The number of ether oxygens (including phenoxy) is 1. The highest BCUT2D eigenvalue weighted by Crippen LogP contribution is 2.32. The Bertz CT molecular complexity index is 465. The quantitative estimate of drug-likeness (QED) is 0.859. The van der Waals surface area contributed by atoms with Gasteiger partial charge in [0.25, 0.3) is 0 Å². The summed E-state index contributed by atoms with van der Waals surface area (Å²) in [5.74, 6) is 3.20. The van der Waals surface area contributed by atoms with Gasteiger partial charge in [0.05, 0.1) is 6.61 Å². The fourth-order valence-corrected chi connectivity index (χ4v) is 3.74. The van der Waals surface area contributed by atoms with Crippen LogP contribution in [0, 0.1) is 0 Å². The van der Waals surface area contributed by atoms with Crippen molar-refractivity contribution in [1.29, 1.82) is 0 Å². The van der Waals surface area contributed by atoms with Crippen LogP contribution < -0.4 is 10.1 Å². The average molecular weight is 303 g/mol. The number of nitrogens with one attached hydrogen (secondary N) is 1. The highest BCUT2D eigenvalue weighted by atomic mass is 16.5. The van der Waals surface area contributed by atoms with E-state index < -0.39 is 0 Å². The molecule has 1 heterocycles. The summed E-state index contributed by atoms with van der Waals surface area (Å²) >= 11 is 0. The molecule has 0 atom stereocenters. The third-order valence-corrected chi connectivity index (χ3v) is 4.94. The SMILES string of the molecule is CCOc1cc(NC2CCCCC2)nc(C2CCCCC2)n1. The van der Waals surface area contributed by atoms with Crippen molar-refractivity contribution >= 4 is 5.82 Å². The summed E-state index contributed by atoms with van der Waals surface area (Å²) in [6.07, 6.45) is 13.0. The summed E-state index contributed by atoms with van der Waals surface area (Å²) in [6.45, 7) is 2.67. The van der Waals surface area contributed by atoms with E-state index in [0.717, 1.165) is 17.5 Å². The van der Waals surface area contributed by atoms with Gasteiger partial charge in [0, 0.05) is 18.0 Å². The highest BCUT2D eigenvalue weighted by Gasteiger charge is 2.21. The number of nitrogens with zero attached hydrogens (tertiary/aromatic N) is 2. The molecule has 1 aromatic heterocycles. The minimum Gasteiger partial charge on any atom is -0.478 e. The summed E-state index contributed by atoms with van der Waals surface area (Å²) in [6, 6.07) is 2.54. The van der Waals surface area contributed by atoms with Gasteiger partial charge in [0.2, 0.25) is 5.88 Å². The van der Waals surface area contributed by atoms with E-state index in [9.17, 15) is 0 Å². The molecule has 22 heavy (non-hydrogen) atoms. The molecule has 4 nitrogen and oxygen atoms in total. The normalized spacial score (nSPS) is 20.8. The predicted octanol–water partition coefficient (Wildman–Crippen LogP) is 4.67. The standard InChI is InChI=1S/C18H29N3O/c1-2-22-17-13-16(19-15-11-7-4-8-12-15)20-18(21-17)14-9-5-3-6-10-14/h13-15H,2-12H2,1H3,(H,19,20,21). The summed E-state index contributed by atoms with van der Waals surface area (Å²) in [7, 11) is 0. The molecule has 0 aromatic carbocycles. The molecule has 0 aliphatic heterocycles. The van der Waals surface area contributed by atoms with Crippen molar-refractivity contribution in [1.82, 2.24) is 9.97 Å². The first-order valence-corrected chi connectivity index (χ1v) is 9.13. The fourth-order valence-electron chi connectivity index (χ4n) is 3.74. The van der Waals surface area contributed by atoms with E-state index in [1.54, 1.807) is 0 Å². The van der Waals surface area contributed by atoms with Gasteiger partial charge in [-0.2, -0.15) is 4.98 Å². The lowest BCUT2D eigenvalue weighted by atomic mass is 9.88. The summed E-state index contributed by atoms with van der Waals surface area (Å²) in [4.78, 5) is 9.50. The van der Waals surface area contributed by atoms with Crippen LogP contribution in [0.1, 0.15) is 82.9 Å². The Hall–Kier alpha value is -1.32. The van der Waals surface area contributed by atoms with E-state index in [2.05, 4.69) is 10.3 Å². The molecule has 2 aliphatic rings. The Morgan fingerprint density at radius 1 is 1.00 bits per heavy atom. The maximum Gasteiger partial charge on any atom is 0.218 e. The molecular formula is C18H29N3O. The highest BCUT2D eigenvalue weighted by molar-refractivity contribution is 5.40. The van der Waals surface area contributed by atoms with E-state index in [4.69, 9.17) is 9.72 Å². The van der Waals surface area contributed by atoms with Crippen molar-refractivity contribution in [2.24, 2.45) is 0 Å². The predicted molar refractivity (Wildman–Crippen MR) is 89.5 cm³/mol. The second-order valence-corrected chi connectivity index (χ2v) is 6.70. The van der Waals surface area contributed by atoms with Crippen molar-refractivity contribution in [3.8, 4) is 5.88 Å². The molecule has 0 unspecified atom stereocenters. The third-order valence-electron chi connectivity index (χ3n) is 4.94. The molecule has 2 aliphatic carbocycles. The van der Waals surface area contributed by atoms with E-state index in [1.165, 1.54) is 64.2 Å². The largest absolute Gasteiger partial charge is 0.478 e. The van der Waals surface area contributed by atoms with Crippen LogP contribution in [0.3, 0.4) is 0 Å². The Balaban J connectivity index is 1.76. The lowest BCUT2D eigenvalue weighted by molar-refractivity contribution is 0.321. The summed E-state index contributed by atoms with van der Waals surface area (Å²) < 4.78 is 5.68. The molecule has 0 saturated heterocycles. The molecule has 1 N–H and O–H groups in total. The van der Waals surface area contributed by atoms with Crippen molar-refractivity contribution < 1.29 is 4.74 Å². The monoisotopic (exact) mass is 303 g/mol. The van der Waals surface area contributed by atoms with Crippen LogP contribution in [0.25, 0.3) is 0 Å². The molecule has 3 rings (SSSR count). The van der Waals surface area contributed by atoms with Crippen LogP contribution in [0.2, 0.25) is 0 Å². The molecule has 0 bridgehead atoms. The molecule has 1 aromatic rings. The van der Waals surface area contributed by atoms with Crippen LogP contribution in [-0.4, -0.2) is 22.6 Å². The molecule has 4 heteroatoms. The van der Waals surface area contributed by atoms with Gasteiger partial charge in [-0.3, -0.25) is 0 Å². The van der Waals surface area contributed by atoms with Crippen LogP contribution >= 0.6 is 0 Å². The van der Waals surface area contributed by atoms with Gasteiger partial charge < -0.3 is 10.1 Å². The van der Waals surface area contributed by atoms with Crippen molar-refractivity contribution in [3.05, 3.63) is 11.9 Å². The van der Waals surface area contributed by atoms with Crippen LogP contribution in [-0.2, 0) is 0 Å². The van der Waals surface area contributed by atoms with E-state index in [1.807, 2.05) is 13.0 Å². The van der Waals surface area contributed by atoms with Crippen LogP contribution in [0.5, 0.6) is 5.88 Å². The molecule has 2 saturated carbocycles. The molecular weight excluding hydrogens is 274 g/mol. The fraction of sp³-hybridized carbons (Fsp3) is 0.778. The molecule has 122 valence electrons. The molecule has 0 amide bonds. The van der Waals surface area contributed by atoms with E-state index in [0.29, 0.717) is 18.6 Å². The average Bonchev–Trinajstić information content (AvgIpc) is 2.57. The zero-order valence-corrected chi connectivity index (χ0v) is 13.8. The Morgan fingerprint density at radius 2 is 1.68 bits per heavy atom. The van der Waals surface area contributed by atoms with Gasteiger partial charge in [-0.15, -0.1) is 0 Å². The summed E-state index contributed by atoms with van der Waals surface area (Å²) in [5.41, 5.74) is 0. The zero-order valence-electron chi connectivity index (χ0n) is 13.8. The minimum atomic E-state index is 0.515. The van der Waals surface area contributed by atoms with Gasteiger partial charge in [0.15, 0.2) is 0 Å².